The summed E-state index contributed by atoms with van der Waals surface area (Å²) in [5.41, 5.74) is 0. The maximum Gasteiger partial charge on any atom is 0.180 e. The Kier molecular flexibility index (Phi) is 3.23. The van der Waals surface area contributed by atoms with Crippen molar-refractivity contribution in [3.8, 4) is 12.3 Å². The zero-order valence-corrected chi connectivity index (χ0v) is 5.63. The van der Waals surface area contributed by atoms with Crippen molar-refractivity contribution in [2.24, 2.45) is 0 Å². The van der Waals surface area contributed by atoms with Crippen LogP contribution in [0.1, 0.15) is 13.3 Å². The summed E-state index contributed by atoms with van der Waals surface area (Å²) in [6.07, 6.45) is 2.57. The third-order valence-corrected chi connectivity index (χ3v) is 1.16. The first-order valence-corrected chi connectivity index (χ1v) is 2.78. The maximum atomic E-state index is 8.38. The van der Waals surface area contributed by atoms with Gasteiger partial charge < -0.3 is 0 Å². The minimum Gasteiger partial charge on any atom is -0.297 e. The fraction of sp³-hybridized carbons (Fsp3) is 0.667. The molecule has 0 aliphatic carbocycles. The molecule has 9 heavy (non-hydrogen) atoms. The standard InChI is InChI=1S/C6H9N3/c1-3-6(4-7)9(2)5-8/h6H,3H2,1-2H3. The molecule has 0 aromatic heterocycles. The predicted molar refractivity (Wildman–Crippen MR) is 33.1 cm³/mol. The molecule has 0 aromatic carbocycles. The molecule has 0 radical (unpaired) electrons. The molecule has 0 rings (SSSR count). The molecule has 3 heteroatoms. The van der Waals surface area contributed by atoms with E-state index in [1.807, 2.05) is 19.2 Å². The van der Waals surface area contributed by atoms with Gasteiger partial charge in [-0.2, -0.15) is 10.5 Å². The van der Waals surface area contributed by atoms with Crippen molar-refractivity contribution in [3.05, 3.63) is 0 Å². The van der Waals surface area contributed by atoms with Crippen molar-refractivity contribution in [3.63, 3.8) is 0 Å². The highest BCUT2D eigenvalue weighted by Gasteiger charge is 2.07. The zero-order chi connectivity index (χ0) is 7.28. The molecule has 0 amide bonds. The number of nitrogens with zero attached hydrogens (tertiary/aromatic N) is 3. The molecular formula is C6H9N3. The fourth-order valence-corrected chi connectivity index (χ4v) is 0.521. The van der Waals surface area contributed by atoms with Crippen LogP contribution in [-0.2, 0) is 0 Å². The van der Waals surface area contributed by atoms with E-state index in [-0.39, 0.29) is 6.04 Å². The number of hydrogen-bond acceptors (Lipinski definition) is 3. The average Bonchev–Trinajstić information content (AvgIpc) is 1.90. The normalized spacial score (nSPS) is 11.1. The van der Waals surface area contributed by atoms with Crippen LogP contribution in [-0.4, -0.2) is 18.0 Å². The molecule has 0 aliphatic heterocycles. The largest absolute Gasteiger partial charge is 0.297 e. The molecule has 1 unspecified atom stereocenters. The zero-order valence-electron chi connectivity index (χ0n) is 5.63. The molecule has 0 N–H and O–H groups in total. The van der Waals surface area contributed by atoms with Crippen molar-refractivity contribution in [2.45, 2.75) is 19.4 Å². The molecule has 0 saturated carbocycles. The van der Waals surface area contributed by atoms with E-state index in [9.17, 15) is 0 Å². The van der Waals surface area contributed by atoms with Crippen LogP contribution in [0, 0.1) is 22.8 Å². The number of nitriles is 2. The van der Waals surface area contributed by atoms with Crippen molar-refractivity contribution in [1.82, 2.24) is 4.90 Å². The Morgan fingerprint density at radius 2 is 2.11 bits per heavy atom. The molecule has 1 atom stereocenters. The quantitative estimate of drug-likeness (QED) is 0.401. The van der Waals surface area contributed by atoms with E-state index in [0.717, 1.165) is 0 Å². The van der Waals surface area contributed by atoms with Gasteiger partial charge in [0.25, 0.3) is 0 Å². The van der Waals surface area contributed by atoms with Crippen LogP contribution in [0.4, 0.5) is 0 Å². The van der Waals surface area contributed by atoms with Gasteiger partial charge in [-0.05, 0) is 6.42 Å². The molecule has 3 nitrogen and oxygen atoms in total. The van der Waals surface area contributed by atoms with E-state index in [4.69, 9.17) is 10.5 Å². The van der Waals surface area contributed by atoms with E-state index in [1.165, 1.54) is 4.90 Å². The van der Waals surface area contributed by atoms with E-state index in [0.29, 0.717) is 6.42 Å². The Morgan fingerprint density at radius 3 is 2.22 bits per heavy atom. The smallest absolute Gasteiger partial charge is 0.180 e. The van der Waals surface area contributed by atoms with Crippen molar-refractivity contribution in [1.29, 1.82) is 10.5 Å². The lowest BCUT2D eigenvalue weighted by atomic mass is 10.2. The van der Waals surface area contributed by atoms with E-state index in [2.05, 4.69) is 0 Å². The van der Waals surface area contributed by atoms with Crippen LogP contribution in [0.25, 0.3) is 0 Å². The summed E-state index contributed by atoms with van der Waals surface area (Å²) in [5, 5.41) is 16.7. The van der Waals surface area contributed by atoms with Crippen molar-refractivity contribution >= 4 is 0 Å². The molecule has 0 saturated heterocycles. The van der Waals surface area contributed by atoms with Crippen LogP contribution in [0.5, 0.6) is 0 Å². The van der Waals surface area contributed by atoms with Gasteiger partial charge in [-0.25, -0.2) is 0 Å². The molecule has 0 fully saturated rings. The van der Waals surface area contributed by atoms with Gasteiger partial charge in [-0.1, -0.05) is 6.92 Å². The van der Waals surface area contributed by atoms with Gasteiger partial charge >= 0.3 is 0 Å². The molecule has 48 valence electrons. The second-order valence-electron chi connectivity index (χ2n) is 1.76. The highest BCUT2D eigenvalue weighted by molar-refractivity contribution is 4.93. The van der Waals surface area contributed by atoms with Crippen LogP contribution in [0.2, 0.25) is 0 Å². The maximum absolute atomic E-state index is 8.38. The average molecular weight is 123 g/mol. The second kappa shape index (κ2) is 3.74. The van der Waals surface area contributed by atoms with Gasteiger partial charge in [0, 0.05) is 7.05 Å². The van der Waals surface area contributed by atoms with Crippen LogP contribution in [0.15, 0.2) is 0 Å². The summed E-state index contributed by atoms with van der Waals surface area (Å²) in [7, 11) is 1.61. The van der Waals surface area contributed by atoms with Crippen molar-refractivity contribution in [2.75, 3.05) is 7.05 Å². The summed E-state index contributed by atoms with van der Waals surface area (Å²) in [6, 6.07) is 1.75. The van der Waals surface area contributed by atoms with E-state index in [1.54, 1.807) is 7.05 Å². The monoisotopic (exact) mass is 123 g/mol. The summed E-state index contributed by atoms with van der Waals surface area (Å²) in [4.78, 5) is 1.35. The fourth-order valence-electron chi connectivity index (χ4n) is 0.521. The topological polar surface area (TPSA) is 50.8 Å². The highest BCUT2D eigenvalue weighted by Crippen LogP contribution is 1.96. The number of rotatable bonds is 2. The summed E-state index contributed by atoms with van der Waals surface area (Å²) >= 11 is 0. The molecule has 0 spiro atoms. The van der Waals surface area contributed by atoms with E-state index >= 15 is 0 Å². The molecule has 0 aromatic rings. The van der Waals surface area contributed by atoms with Crippen LogP contribution < -0.4 is 0 Å². The molecule has 0 bridgehead atoms. The molecule has 0 aliphatic rings. The first-order chi connectivity index (χ1) is 4.26. The van der Waals surface area contributed by atoms with E-state index < -0.39 is 0 Å². The Balaban J connectivity index is 3.87. The highest BCUT2D eigenvalue weighted by atomic mass is 15.1. The molecular weight excluding hydrogens is 114 g/mol. The Hall–Kier alpha value is -1.22. The van der Waals surface area contributed by atoms with Gasteiger partial charge in [-0.15, -0.1) is 0 Å². The Labute approximate surface area is 55.1 Å². The third-order valence-electron chi connectivity index (χ3n) is 1.16. The Morgan fingerprint density at radius 1 is 1.56 bits per heavy atom. The summed E-state index contributed by atoms with van der Waals surface area (Å²) < 4.78 is 0. The van der Waals surface area contributed by atoms with Crippen LogP contribution >= 0.6 is 0 Å². The summed E-state index contributed by atoms with van der Waals surface area (Å²) in [5.74, 6) is 0. The van der Waals surface area contributed by atoms with Gasteiger partial charge in [0.05, 0.1) is 6.07 Å². The Bertz CT molecular complexity index is 151. The predicted octanol–water partition coefficient (Wildman–Crippen LogP) is 0.701. The van der Waals surface area contributed by atoms with Crippen LogP contribution in [0.3, 0.4) is 0 Å². The summed E-state index contributed by atoms with van der Waals surface area (Å²) in [6.45, 7) is 1.88. The van der Waals surface area contributed by atoms with Gasteiger partial charge in [0.1, 0.15) is 6.04 Å². The third kappa shape index (κ3) is 2.01. The lowest BCUT2D eigenvalue weighted by Crippen LogP contribution is -2.24. The lowest BCUT2D eigenvalue weighted by molar-refractivity contribution is 0.398. The van der Waals surface area contributed by atoms with Gasteiger partial charge in [-0.3, -0.25) is 4.90 Å². The molecule has 0 heterocycles. The minimum atomic E-state index is -0.255. The lowest BCUT2D eigenvalue weighted by Gasteiger charge is -2.12. The first-order valence-electron chi connectivity index (χ1n) is 2.78. The first kappa shape index (κ1) is 7.78. The second-order valence-corrected chi connectivity index (χ2v) is 1.76. The SMILES string of the molecule is CCC(C#N)N(C)C#N. The van der Waals surface area contributed by atoms with Gasteiger partial charge in [0.2, 0.25) is 0 Å². The van der Waals surface area contributed by atoms with Crippen molar-refractivity contribution < 1.29 is 0 Å². The minimum absolute atomic E-state index is 0.255. The van der Waals surface area contributed by atoms with Gasteiger partial charge in [0.15, 0.2) is 6.19 Å². The number of hydrogen-bond donors (Lipinski definition) is 0.